The minimum absolute atomic E-state index is 0.0593. The molecule has 4 rings (SSSR count). The molecule has 0 heterocycles. The summed E-state index contributed by atoms with van der Waals surface area (Å²) in [7, 11) is 0. The SMILES string of the molecule is C#CC[C@@]12CC[C@H]3[C@@H](CCC4=CC(=O)CC[C@@]43C)[C@@H]1CC[C@@H]2C(C)=O. The van der Waals surface area contributed by atoms with Crippen molar-refractivity contribution in [2.75, 3.05) is 0 Å². The number of terminal acetylenes is 1. The van der Waals surface area contributed by atoms with E-state index in [9.17, 15) is 9.59 Å². The number of hydrogen-bond acceptors (Lipinski definition) is 2. The van der Waals surface area contributed by atoms with Crippen LogP contribution in [-0.2, 0) is 9.59 Å². The Kier molecular flexibility index (Phi) is 3.98. The average Bonchev–Trinajstić information content (AvgIpc) is 2.95. The predicted molar refractivity (Wildman–Crippen MR) is 98.7 cm³/mol. The highest BCUT2D eigenvalue weighted by molar-refractivity contribution is 5.91. The molecule has 0 saturated heterocycles. The number of rotatable bonds is 2. The molecule has 3 saturated carbocycles. The molecule has 2 nitrogen and oxygen atoms in total. The van der Waals surface area contributed by atoms with Crippen LogP contribution in [0.4, 0.5) is 0 Å². The van der Waals surface area contributed by atoms with Gasteiger partial charge in [0.1, 0.15) is 5.78 Å². The summed E-state index contributed by atoms with van der Waals surface area (Å²) in [5.74, 6) is 5.74. The van der Waals surface area contributed by atoms with Gasteiger partial charge in [-0.25, -0.2) is 0 Å². The highest BCUT2D eigenvalue weighted by atomic mass is 16.1. The van der Waals surface area contributed by atoms with Crippen LogP contribution in [0.3, 0.4) is 0 Å². The maximum Gasteiger partial charge on any atom is 0.155 e. The number of carbonyl (C=O) groups is 2. The van der Waals surface area contributed by atoms with Crippen LogP contribution in [0.5, 0.6) is 0 Å². The van der Waals surface area contributed by atoms with Crippen molar-refractivity contribution in [3.63, 3.8) is 0 Å². The minimum atomic E-state index is 0.0593. The van der Waals surface area contributed by atoms with Gasteiger partial charge in [0.15, 0.2) is 5.78 Å². The monoisotopic (exact) mass is 338 g/mol. The number of allylic oxidation sites excluding steroid dienone is 1. The van der Waals surface area contributed by atoms with Crippen LogP contribution >= 0.6 is 0 Å². The first-order valence-electron chi connectivity index (χ1n) is 10.1. The van der Waals surface area contributed by atoms with Crippen molar-refractivity contribution >= 4 is 11.6 Å². The number of fused-ring (bicyclic) bond motifs is 5. The Morgan fingerprint density at radius 1 is 1.20 bits per heavy atom. The van der Waals surface area contributed by atoms with Crippen LogP contribution in [0.25, 0.3) is 0 Å². The second kappa shape index (κ2) is 5.83. The lowest BCUT2D eigenvalue weighted by Crippen LogP contribution is -2.51. The van der Waals surface area contributed by atoms with Crippen LogP contribution < -0.4 is 0 Å². The summed E-state index contributed by atoms with van der Waals surface area (Å²) in [5, 5.41) is 0. The van der Waals surface area contributed by atoms with E-state index in [1.54, 1.807) is 6.92 Å². The van der Waals surface area contributed by atoms with Crippen molar-refractivity contribution in [1.82, 2.24) is 0 Å². The summed E-state index contributed by atoms with van der Waals surface area (Å²) in [6.45, 7) is 4.18. The third-order valence-corrected chi connectivity index (χ3v) is 8.60. The summed E-state index contributed by atoms with van der Waals surface area (Å²) >= 11 is 0. The van der Waals surface area contributed by atoms with Crippen molar-refractivity contribution in [3.8, 4) is 12.3 Å². The standard InChI is InChI=1S/C23H30O2/c1-4-11-23-13-10-20-18(21(23)8-7-19(23)15(2)24)6-5-16-14-17(25)9-12-22(16,20)3/h1,14,18-21H,5-13H2,2-3H3/t18-,19-,20+,21+,22+,23+/m1/s1. The summed E-state index contributed by atoms with van der Waals surface area (Å²) in [4.78, 5) is 24.3. The Hall–Kier alpha value is -1.36. The Morgan fingerprint density at radius 3 is 2.72 bits per heavy atom. The normalized spacial score (nSPS) is 45.6. The Bertz CT molecular complexity index is 681. The summed E-state index contributed by atoms with van der Waals surface area (Å²) in [6.07, 6.45) is 17.0. The van der Waals surface area contributed by atoms with E-state index in [2.05, 4.69) is 12.8 Å². The lowest BCUT2D eigenvalue weighted by atomic mass is 9.46. The smallest absolute Gasteiger partial charge is 0.155 e. The second-order valence-electron chi connectivity index (χ2n) is 9.36. The van der Waals surface area contributed by atoms with Gasteiger partial charge in [0.25, 0.3) is 0 Å². The lowest BCUT2D eigenvalue weighted by Gasteiger charge is -2.58. The summed E-state index contributed by atoms with van der Waals surface area (Å²) < 4.78 is 0. The zero-order valence-corrected chi connectivity index (χ0v) is 15.6. The Morgan fingerprint density at radius 2 is 2.00 bits per heavy atom. The second-order valence-corrected chi connectivity index (χ2v) is 9.36. The van der Waals surface area contributed by atoms with E-state index in [1.807, 2.05) is 6.08 Å². The maximum absolute atomic E-state index is 12.4. The van der Waals surface area contributed by atoms with Crippen LogP contribution in [0, 0.1) is 46.8 Å². The third-order valence-electron chi connectivity index (χ3n) is 8.60. The van der Waals surface area contributed by atoms with Gasteiger partial charge in [0.05, 0.1) is 0 Å². The Labute approximate surface area is 151 Å². The molecule has 2 heteroatoms. The molecule has 0 aromatic rings. The first kappa shape index (κ1) is 17.1. The number of hydrogen-bond donors (Lipinski definition) is 0. The van der Waals surface area contributed by atoms with Crippen LogP contribution in [0.2, 0.25) is 0 Å². The quantitative estimate of drug-likeness (QED) is 0.682. The number of ketones is 2. The molecule has 0 aromatic carbocycles. The molecule has 0 bridgehead atoms. The fourth-order valence-corrected chi connectivity index (χ4v) is 7.51. The van der Waals surface area contributed by atoms with E-state index in [1.165, 1.54) is 24.8 Å². The van der Waals surface area contributed by atoms with Gasteiger partial charge in [-0.3, -0.25) is 9.59 Å². The van der Waals surface area contributed by atoms with Crippen molar-refractivity contribution in [1.29, 1.82) is 0 Å². The third kappa shape index (κ3) is 2.31. The average molecular weight is 338 g/mol. The molecule has 134 valence electrons. The van der Waals surface area contributed by atoms with Gasteiger partial charge in [0, 0.05) is 18.8 Å². The minimum Gasteiger partial charge on any atom is -0.300 e. The van der Waals surface area contributed by atoms with Crippen LogP contribution in [0.15, 0.2) is 11.6 Å². The molecule has 0 aromatic heterocycles. The predicted octanol–water partition coefficient (Wildman–Crippen LogP) is 4.73. The molecule has 25 heavy (non-hydrogen) atoms. The van der Waals surface area contributed by atoms with Gasteiger partial charge in [-0.2, -0.15) is 0 Å². The summed E-state index contributed by atoms with van der Waals surface area (Å²) in [6, 6.07) is 0. The summed E-state index contributed by atoms with van der Waals surface area (Å²) in [5.41, 5.74) is 1.67. The molecule has 0 spiro atoms. The van der Waals surface area contributed by atoms with Crippen LogP contribution in [0.1, 0.15) is 71.6 Å². The first-order valence-corrected chi connectivity index (χ1v) is 10.1. The van der Waals surface area contributed by atoms with Crippen LogP contribution in [-0.4, -0.2) is 11.6 Å². The molecule has 0 aliphatic heterocycles. The zero-order valence-electron chi connectivity index (χ0n) is 15.6. The topological polar surface area (TPSA) is 34.1 Å². The molecule has 0 radical (unpaired) electrons. The molecule has 6 atom stereocenters. The van der Waals surface area contributed by atoms with E-state index in [-0.39, 0.29) is 16.7 Å². The van der Waals surface area contributed by atoms with E-state index in [4.69, 9.17) is 6.42 Å². The number of Topliss-reactive ketones (excluding diaryl/α,β-unsaturated/α-hetero) is 1. The molecule has 0 unspecified atom stereocenters. The molecule has 4 aliphatic rings. The largest absolute Gasteiger partial charge is 0.300 e. The lowest BCUT2D eigenvalue weighted by molar-refractivity contribution is -0.129. The molecule has 0 amide bonds. The zero-order chi connectivity index (χ0) is 17.8. The van der Waals surface area contributed by atoms with Gasteiger partial charge < -0.3 is 0 Å². The van der Waals surface area contributed by atoms with Crippen molar-refractivity contribution in [3.05, 3.63) is 11.6 Å². The molecule has 3 fully saturated rings. The van der Waals surface area contributed by atoms with Gasteiger partial charge in [-0.15, -0.1) is 12.3 Å². The fraction of sp³-hybridized carbons (Fsp3) is 0.739. The van der Waals surface area contributed by atoms with Gasteiger partial charge in [-0.05, 0) is 86.5 Å². The fourth-order valence-electron chi connectivity index (χ4n) is 7.51. The van der Waals surface area contributed by atoms with E-state index < -0.39 is 0 Å². The van der Waals surface area contributed by atoms with E-state index in [0.717, 1.165) is 32.1 Å². The van der Waals surface area contributed by atoms with Gasteiger partial charge in [0.2, 0.25) is 0 Å². The van der Waals surface area contributed by atoms with Gasteiger partial charge in [-0.1, -0.05) is 12.5 Å². The molecular weight excluding hydrogens is 308 g/mol. The Balaban J connectivity index is 1.70. The maximum atomic E-state index is 12.4. The molecular formula is C23H30O2. The molecule has 4 aliphatic carbocycles. The highest BCUT2D eigenvalue weighted by Gasteiger charge is 2.61. The van der Waals surface area contributed by atoms with E-state index >= 15 is 0 Å². The van der Waals surface area contributed by atoms with Crippen molar-refractivity contribution in [2.24, 2.45) is 34.5 Å². The first-order chi connectivity index (χ1) is 11.9. The van der Waals surface area contributed by atoms with Crippen molar-refractivity contribution < 1.29 is 9.59 Å². The number of carbonyl (C=O) groups excluding carboxylic acids is 2. The van der Waals surface area contributed by atoms with E-state index in [0.29, 0.717) is 35.7 Å². The van der Waals surface area contributed by atoms with Crippen molar-refractivity contribution in [2.45, 2.75) is 71.6 Å². The highest BCUT2D eigenvalue weighted by Crippen LogP contribution is 2.67. The molecule has 0 N–H and O–H groups in total. The van der Waals surface area contributed by atoms with Gasteiger partial charge >= 0.3 is 0 Å².